The molecule has 2 rings (SSSR count). The van der Waals surface area contributed by atoms with Gasteiger partial charge >= 0.3 is 5.97 Å². The number of nitrogens with zero attached hydrogens (tertiary/aromatic N) is 2. The van der Waals surface area contributed by atoms with Crippen molar-refractivity contribution in [2.75, 3.05) is 0 Å². The third-order valence-corrected chi connectivity index (χ3v) is 2.60. The fourth-order valence-corrected chi connectivity index (χ4v) is 1.63. The van der Waals surface area contributed by atoms with E-state index in [1.807, 2.05) is 0 Å². The first-order valence-corrected chi connectivity index (χ1v) is 5.71. The van der Waals surface area contributed by atoms with E-state index in [-0.39, 0.29) is 28.3 Å². The summed E-state index contributed by atoms with van der Waals surface area (Å²) in [5, 5.41) is 28.5. The second-order valence-electron chi connectivity index (χ2n) is 3.98. The van der Waals surface area contributed by atoms with E-state index >= 15 is 0 Å². The molecule has 7 nitrogen and oxygen atoms in total. The van der Waals surface area contributed by atoms with Gasteiger partial charge in [-0.25, -0.2) is 4.79 Å². The Morgan fingerprint density at radius 2 is 2.05 bits per heavy atom. The maximum absolute atomic E-state index is 10.9. The quantitative estimate of drug-likeness (QED) is 0.682. The van der Waals surface area contributed by atoms with Crippen molar-refractivity contribution in [2.45, 2.75) is 0 Å². The van der Waals surface area contributed by atoms with Gasteiger partial charge in [0.1, 0.15) is 23.1 Å². The highest BCUT2D eigenvalue weighted by Crippen LogP contribution is 2.28. The standard InChI is InChI=1S/C14H8N2O5/c15-8-10-6-11(16(19)20)4-5-13(10)21-12-3-1-2-9(7-12)14(17)18/h1-7H,(H,17,18). The molecular formula is C14H8N2O5. The lowest BCUT2D eigenvalue weighted by Crippen LogP contribution is -1.97. The average Bonchev–Trinajstić information content (AvgIpc) is 2.47. The molecule has 0 saturated heterocycles. The first-order chi connectivity index (χ1) is 10.0. The Morgan fingerprint density at radius 3 is 2.67 bits per heavy atom. The van der Waals surface area contributed by atoms with Crippen LogP contribution in [-0.4, -0.2) is 16.0 Å². The van der Waals surface area contributed by atoms with Gasteiger partial charge in [-0.2, -0.15) is 5.26 Å². The molecule has 0 unspecified atom stereocenters. The third kappa shape index (κ3) is 3.13. The van der Waals surface area contributed by atoms with Crippen molar-refractivity contribution in [1.29, 1.82) is 5.26 Å². The minimum atomic E-state index is -1.11. The second-order valence-corrected chi connectivity index (χ2v) is 3.98. The molecule has 2 aromatic rings. The lowest BCUT2D eigenvalue weighted by molar-refractivity contribution is -0.384. The van der Waals surface area contributed by atoms with E-state index in [0.29, 0.717) is 0 Å². The molecule has 0 aliphatic heterocycles. The summed E-state index contributed by atoms with van der Waals surface area (Å²) in [5.41, 5.74) is -0.198. The van der Waals surface area contributed by atoms with Gasteiger partial charge < -0.3 is 9.84 Å². The van der Waals surface area contributed by atoms with E-state index in [1.54, 1.807) is 6.07 Å². The first kappa shape index (κ1) is 14.0. The molecule has 7 heteroatoms. The van der Waals surface area contributed by atoms with E-state index in [2.05, 4.69) is 0 Å². The van der Waals surface area contributed by atoms with Gasteiger partial charge in [-0.1, -0.05) is 6.07 Å². The molecule has 0 heterocycles. The maximum atomic E-state index is 10.9. The van der Waals surface area contributed by atoms with Crippen LogP contribution >= 0.6 is 0 Å². The number of non-ortho nitro benzene ring substituents is 1. The summed E-state index contributed by atoms with van der Waals surface area (Å²) in [7, 11) is 0. The minimum Gasteiger partial charge on any atom is -0.478 e. The number of carboxylic acids is 1. The number of hydrogen-bond acceptors (Lipinski definition) is 5. The summed E-state index contributed by atoms with van der Waals surface area (Å²) >= 11 is 0. The summed E-state index contributed by atoms with van der Waals surface area (Å²) in [5.74, 6) is -0.768. The SMILES string of the molecule is N#Cc1cc([N+](=O)[O-])ccc1Oc1cccc(C(=O)O)c1. The zero-order chi connectivity index (χ0) is 15.4. The zero-order valence-electron chi connectivity index (χ0n) is 10.5. The zero-order valence-corrected chi connectivity index (χ0v) is 10.5. The third-order valence-electron chi connectivity index (χ3n) is 2.60. The van der Waals surface area contributed by atoms with Crippen molar-refractivity contribution in [3.63, 3.8) is 0 Å². The van der Waals surface area contributed by atoms with Crippen molar-refractivity contribution in [3.05, 3.63) is 63.7 Å². The van der Waals surface area contributed by atoms with E-state index in [9.17, 15) is 14.9 Å². The van der Waals surface area contributed by atoms with E-state index in [1.165, 1.54) is 36.4 Å². The molecule has 0 amide bonds. The predicted octanol–water partition coefficient (Wildman–Crippen LogP) is 2.96. The molecule has 0 radical (unpaired) electrons. The van der Waals surface area contributed by atoms with Gasteiger partial charge in [0.15, 0.2) is 0 Å². The Hall–Kier alpha value is -3.40. The van der Waals surface area contributed by atoms with E-state index in [4.69, 9.17) is 15.1 Å². The van der Waals surface area contributed by atoms with Crippen molar-refractivity contribution < 1.29 is 19.6 Å². The summed E-state index contributed by atoms with van der Waals surface area (Å²) in [6.07, 6.45) is 0. The topological polar surface area (TPSA) is 113 Å². The highest BCUT2D eigenvalue weighted by Gasteiger charge is 2.13. The van der Waals surface area contributed by atoms with Crippen LogP contribution in [0.3, 0.4) is 0 Å². The number of ether oxygens (including phenoxy) is 1. The monoisotopic (exact) mass is 284 g/mol. The molecule has 1 N–H and O–H groups in total. The summed E-state index contributed by atoms with van der Waals surface area (Å²) < 4.78 is 5.42. The van der Waals surface area contributed by atoms with Crippen LogP contribution in [0.25, 0.3) is 0 Å². The molecule has 0 bridgehead atoms. The molecule has 0 atom stereocenters. The van der Waals surface area contributed by atoms with Crippen molar-refractivity contribution in [1.82, 2.24) is 0 Å². The highest BCUT2D eigenvalue weighted by atomic mass is 16.6. The fourth-order valence-electron chi connectivity index (χ4n) is 1.63. The first-order valence-electron chi connectivity index (χ1n) is 5.71. The van der Waals surface area contributed by atoms with Crippen LogP contribution in [0, 0.1) is 21.4 Å². The lowest BCUT2D eigenvalue weighted by Gasteiger charge is -2.07. The van der Waals surface area contributed by atoms with Crippen LogP contribution < -0.4 is 4.74 Å². The smallest absolute Gasteiger partial charge is 0.335 e. The van der Waals surface area contributed by atoms with Gasteiger partial charge in [0.25, 0.3) is 5.69 Å². The molecule has 0 saturated carbocycles. The normalized spacial score (nSPS) is 9.67. The molecule has 0 aliphatic rings. The van der Waals surface area contributed by atoms with Gasteiger partial charge in [0.2, 0.25) is 0 Å². The average molecular weight is 284 g/mol. The van der Waals surface area contributed by atoms with Gasteiger partial charge in [0, 0.05) is 12.1 Å². The largest absolute Gasteiger partial charge is 0.478 e. The van der Waals surface area contributed by atoms with Crippen LogP contribution in [0.4, 0.5) is 5.69 Å². The number of rotatable bonds is 4. The number of nitriles is 1. The highest BCUT2D eigenvalue weighted by molar-refractivity contribution is 5.88. The molecule has 21 heavy (non-hydrogen) atoms. The molecular weight excluding hydrogens is 276 g/mol. The summed E-state index contributed by atoms with van der Waals surface area (Å²) in [6.45, 7) is 0. The lowest BCUT2D eigenvalue weighted by atomic mass is 10.2. The van der Waals surface area contributed by atoms with Crippen LogP contribution in [0.15, 0.2) is 42.5 Å². The number of nitro groups is 1. The molecule has 2 aromatic carbocycles. The van der Waals surface area contributed by atoms with Gasteiger partial charge in [-0.3, -0.25) is 10.1 Å². The minimum absolute atomic E-state index is 0.00933. The number of aromatic carboxylic acids is 1. The Labute approximate surface area is 118 Å². The second kappa shape index (κ2) is 5.71. The number of carboxylic acid groups (broad SMARTS) is 1. The number of nitro benzene ring substituents is 1. The molecule has 0 aliphatic carbocycles. The van der Waals surface area contributed by atoms with Gasteiger partial charge in [-0.15, -0.1) is 0 Å². The van der Waals surface area contributed by atoms with E-state index < -0.39 is 10.9 Å². The molecule has 0 aromatic heterocycles. The Balaban J connectivity index is 2.36. The number of benzene rings is 2. The Kier molecular flexibility index (Phi) is 3.81. The van der Waals surface area contributed by atoms with Gasteiger partial charge in [-0.05, 0) is 24.3 Å². The maximum Gasteiger partial charge on any atom is 0.335 e. The Bertz CT molecular complexity index is 764. The number of hydrogen-bond donors (Lipinski definition) is 1. The summed E-state index contributed by atoms with van der Waals surface area (Å²) in [4.78, 5) is 20.9. The van der Waals surface area contributed by atoms with Crippen LogP contribution in [-0.2, 0) is 0 Å². The molecule has 0 fully saturated rings. The Morgan fingerprint density at radius 1 is 1.29 bits per heavy atom. The number of carbonyl (C=O) groups is 1. The molecule has 0 spiro atoms. The van der Waals surface area contributed by atoms with E-state index in [0.717, 1.165) is 6.07 Å². The van der Waals surface area contributed by atoms with Crippen molar-refractivity contribution in [3.8, 4) is 17.6 Å². The fraction of sp³-hybridized carbons (Fsp3) is 0. The predicted molar refractivity (Wildman–Crippen MR) is 71.3 cm³/mol. The van der Waals surface area contributed by atoms with Crippen LogP contribution in [0.5, 0.6) is 11.5 Å². The van der Waals surface area contributed by atoms with Crippen molar-refractivity contribution in [2.24, 2.45) is 0 Å². The van der Waals surface area contributed by atoms with Crippen LogP contribution in [0.2, 0.25) is 0 Å². The van der Waals surface area contributed by atoms with Crippen LogP contribution in [0.1, 0.15) is 15.9 Å². The van der Waals surface area contributed by atoms with Crippen molar-refractivity contribution >= 4 is 11.7 Å². The summed E-state index contributed by atoms with van der Waals surface area (Å²) in [6, 6.07) is 11.1. The van der Waals surface area contributed by atoms with Gasteiger partial charge in [0.05, 0.1) is 10.5 Å². The molecule has 104 valence electrons.